The number of rotatable bonds is 3. The van der Waals surface area contributed by atoms with Crippen LogP contribution in [-0.4, -0.2) is 61.9 Å². The molecule has 0 aliphatic carbocycles. The van der Waals surface area contributed by atoms with Crippen LogP contribution < -0.4 is 15.1 Å². The van der Waals surface area contributed by atoms with Crippen LogP contribution >= 0.6 is 0 Å². The summed E-state index contributed by atoms with van der Waals surface area (Å²) in [7, 11) is 2.09. The molecule has 3 heterocycles. The summed E-state index contributed by atoms with van der Waals surface area (Å²) in [5, 5.41) is 3.04. The first kappa shape index (κ1) is 19.5. The Hall–Kier alpha value is -2.80. The molecule has 2 aromatic rings. The fourth-order valence-corrected chi connectivity index (χ4v) is 4.06. The van der Waals surface area contributed by atoms with E-state index in [9.17, 15) is 4.79 Å². The fourth-order valence-electron chi connectivity index (χ4n) is 4.06. The molecule has 4 rings (SSSR count). The molecule has 2 amide bonds. The predicted molar refractivity (Wildman–Crippen MR) is 116 cm³/mol. The number of para-hydroxylation sites is 1. The normalized spacial score (nSPS) is 19.5. The summed E-state index contributed by atoms with van der Waals surface area (Å²) in [6.45, 7) is 6.69. The highest BCUT2D eigenvalue weighted by Crippen LogP contribution is 2.27. The molecule has 29 heavy (non-hydrogen) atoms. The Kier molecular flexibility index (Phi) is 5.85. The maximum absolute atomic E-state index is 13.1. The van der Waals surface area contributed by atoms with Crippen molar-refractivity contribution >= 4 is 23.2 Å². The number of benzene rings is 1. The zero-order valence-electron chi connectivity index (χ0n) is 17.2. The topological polar surface area (TPSA) is 60.9 Å². The Balaban J connectivity index is 1.48. The van der Waals surface area contributed by atoms with Gasteiger partial charge in [0.25, 0.3) is 0 Å². The van der Waals surface area contributed by atoms with Gasteiger partial charge in [-0.15, -0.1) is 0 Å². The van der Waals surface area contributed by atoms with E-state index in [1.165, 1.54) is 11.3 Å². The number of nitrogens with one attached hydrogen (secondary N) is 1. The largest absolute Gasteiger partial charge is 0.378 e. The van der Waals surface area contributed by atoms with Crippen molar-refractivity contribution in [3.05, 3.63) is 48.2 Å². The molecule has 7 heteroatoms. The quantitative estimate of drug-likeness (QED) is 0.865. The molecule has 1 unspecified atom stereocenters. The van der Waals surface area contributed by atoms with Gasteiger partial charge in [0.2, 0.25) is 0 Å². The Bertz CT molecular complexity index is 835. The average Bonchev–Trinajstić information content (AvgIpc) is 2.91. The summed E-state index contributed by atoms with van der Waals surface area (Å²) >= 11 is 0. The summed E-state index contributed by atoms with van der Waals surface area (Å²) < 4.78 is 5.39. The molecule has 0 bridgehead atoms. The number of morpholine rings is 1. The van der Waals surface area contributed by atoms with Gasteiger partial charge in [-0.05, 0) is 30.2 Å². The lowest BCUT2D eigenvalue weighted by Gasteiger charge is -2.31. The van der Waals surface area contributed by atoms with Gasteiger partial charge in [0.05, 0.1) is 31.1 Å². The highest BCUT2D eigenvalue weighted by Gasteiger charge is 2.28. The van der Waals surface area contributed by atoms with Crippen molar-refractivity contribution in [1.29, 1.82) is 0 Å². The Morgan fingerprint density at radius 2 is 2.00 bits per heavy atom. The predicted octanol–water partition coefficient (Wildman–Crippen LogP) is 3.18. The average molecular weight is 396 g/mol. The van der Waals surface area contributed by atoms with E-state index in [1.807, 2.05) is 29.2 Å². The number of hydrogen-bond donors (Lipinski definition) is 1. The van der Waals surface area contributed by atoms with Crippen molar-refractivity contribution in [2.24, 2.45) is 0 Å². The van der Waals surface area contributed by atoms with E-state index < -0.39 is 0 Å². The van der Waals surface area contributed by atoms with Gasteiger partial charge in [-0.3, -0.25) is 0 Å². The number of fused-ring (bicyclic) bond motifs is 1. The third kappa shape index (κ3) is 4.29. The van der Waals surface area contributed by atoms with Crippen LogP contribution in [0.5, 0.6) is 0 Å². The van der Waals surface area contributed by atoms with Gasteiger partial charge in [0.1, 0.15) is 5.82 Å². The lowest BCUT2D eigenvalue weighted by atomic mass is 10.1. The van der Waals surface area contributed by atoms with Crippen LogP contribution in [-0.2, 0) is 11.3 Å². The van der Waals surface area contributed by atoms with Crippen molar-refractivity contribution in [2.75, 3.05) is 55.0 Å². The van der Waals surface area contributed by atoms with Crippen LogP contribution in [0.4, 0.5) is 22.0 Å². The van der Waals surface area contributed by atoms with Crippen LogP contribution in [0.1, 0.15) is 18.9 Å². The molecule has 1 aromatic carbocycles. The Morgan fingerprint density at radius 1 is 1.21 bits per heavy atom. The monoisotopic (exact) mass is 395 g/mol. The van der Waals surface area contributed by atoms with E-state index >= 15 is 0 Å². The summed E-state index contributed by atoms with van der Waals surface area (Å²) in [4.78, 5) is 24.1. The van der Waals surface area contributed by atoms with Gasteiger partial charge in [0.15, 0.2) is 0 Å². The standard InChI is InChI=1S/C22H29N5O2/c1-3-19-16-25(2)20-7-5-4-6-17(20)15-27(19)22(28)24-18-8-9-21(23-14-18)26-10-12-29-13-11-26/h4-9,14,19H,3,10-13,15-16H2,1-2H3,(H,24,28). The van der Waals surface area contributed by atoms with E-state index in [0.29, 0.717) is 12.2 Å². The second kappa shape index (κ2) is 8.69. The zero-order valence-corrected chi connectivity index (χ0v) is 17.2. The molecule has 0 radical (unpaired) electrons. The first-order valence-corrected chi connectivity index (χ1v) is 10.3. The lowest BCUT2D eigenvalue weighted by molar-refractivity contribution is 0.122. The van der Waals surface area contributed by atoms with E-state index in [0.717, 1.165) is 45.1 Å². The molecule has 1 atom stereocenters. The summed E-state index contributed by atoms with van der Waals surface area (Å²) in [5.41, 5.74) is 3.08. The molecule has 1 aromatic heterocycles. The van der Waals surface area contributed by atoms with Crippen LogP contribution in [0.25, 0.3) is 0 Å². The fraction of sp³-hybridized carbons (Fsp3) is 0.455. The van der Waals surface area contributed by atoms with Crippen LogP contribution in [0.3, 0.4) is 0 Å². The Morgan fingerprint density at radius 3 is 2.72 bits per heavy atom. The number of nitrogens with zero attached hydrogens (tertiary/aromatic N) is 4. The number of anilines is 3. The highest BCUT2D eigenvalue weighted by atomic mass is 16.5. The highest BCUT2D eigenvalue weighted by molar-refractivity contribution is 5.89. The van der Waals surface area contributed by atoms with Crippen molar-refractivity contribution < 1.29 is 9.53 Å². The molecule has 2 aliphatic rings. The molecule has 1 fully saturated rings. The van der Waals surface area contributed by atoms with E-state index in [-0.39, 0.29) is 12.1 Å². The van der Waals surface area contributed by atoms with Crippen molar-refractivity contribution in [2.45, 2.75) is 25.9 Å². The summed E-state index contributed by atoms with van der Waals surface area (Å²) in [5.74, 6) is 0.919. The third-order valence-electron chi connectivity index (χ3n) is 5.74. The number of carbonyl (C=O) groups excluding carboxylic acids is 1. The second-order valence-corrected chi connectivity index (χ2v) is 7.63. The van der Waals surface area contributed by atoms with Gasteiger partial charge in [0, 0.05) is 38.9 Å². The van der Waals surface area contributed by atoms with Gasteiger partial charge in [-0.1, -0.05) is 25.1 Å². The molecule has 1 saturated heterocycles. The smallest absolute Gasteiger partial charge is 0.322 e. The van der Waals surface area contributed by atoms with Gasteiger partial charge in [-0.25, -0.2) is 9.78 Å². The van der Waals surface area contributed by atoms with E-state index in [2.05, 4.69) is 46.2 Å². The van der Waals surface area contributed by atoms with Crippen molar-refractivity contribution in [3.63, 3.8) is 0 Å². The summed E-state index contributed by atoms with van der Waals surface area (Å²) in [6, 6.07) is 12.3. The number of pyridine rings is 1. The number of ether oxygens (including phenoxy) is 1. The van der Waals surface area contributed by atoms with Crippen LogP contribution in [0.15, 0.2) is 42.6 Å². The van der Waals surface area contributed by atoms with E-state index in [1.54, 1.807) is 6.20 Å². The molecule has 2 aliphatic heterocycles. The summed E-state index contributed by atoms with van der Waals surface area (Å²) in [6.07, 6.45) is 2.64. The van der Waals surface area contributed by atoms with Crippen molar-refractivity contribution in [1.82, 2.24) is 9.88 Å². The Labute approximate surface area is 172 Å². The van der Waals surface area contributed by atoms with E-state index in [4.69, 9.17) is 4.74 Å². The van der Waals surface area contributed by atoms with Crippen LogP contribution in [0, 0.1) is 0 Å². The molecule has 1 N–H and O–H groups in total. The first-order chi connectivity index (χ1) is 14.2. The van der Waals surface area contributed by atoms with Gasteiger partial charge >= 0.3 is 6.03 Å². The number of aromatic nitrogens is 1. The lowest BCUT2D eigenvalue weighted by Crippen LogP contribution is -2.45. The number of hydrogen-bond acceptors (Lipinski definition) is 5. The maximum atomic E-state index is 13.1. The first-order valence-electron chi connectivity index (χ1n) is 10.3. The zero-order chi connectivity index (χ0) is 20.2. The minimum absolute atomic E-state index is 0.0807. The molecular formula is C22H29N5O2. The number of likely N-dealkylation sites (N-methyl/N-ethyl adjacent to an activating group) is 1. The molecule has 0 spiro atoms. The number of carbonyl (C=O) groups is 1. The SMILES string of the molecule is CCC1CN(C)c2ccccc2CN1C(=O)Nc1ccc(N2CCOCC2)nc1. The molecule has 154 valence electrons. The third-order valence-corrected chi connectivity index (χ3v) is 5.74. The van der Waals surface area contributed by atoms with Gasteiger partial charge < -0.3 is 24.8 Å². The molecule has 0 saturated carbocycles. The van der Waals surface area contributed by atoms with Gasteiger partial charge in [-0.2, -0.15) is 0 Å². The van der Waals surface area contributed by atoms with Crippen molar-refractivity contribution in [3.8, 4) is 0 Å². The second-order valence-electron chi connectivity index (χ2n) is 7.63. The minimum atomic E-state index is -0.0807. The maximum Gasteiger partial charge on any atom is 0.322 e. The number of urea groups is 1. The minimum Gasteiger partial charge on any atom is -0.378 e. The molecular weight excluding hydrogens is 366 g/mol. The molecule has 7 nitrogen and oxygen atoms in total. The van der Waals surface area contributed by atoms with Crippen LogP contribution in [0.2, 0.25) is 0 Å². The number of amides is 2.